The normalized spacial score (nSPS) is 12.1. The second kappa shape index (κ2) is 7.09. The number of hydrogen-bond donors (Lipinski definition) is 2. The number of furan rings is 1. The molecule has 2 rings (SSSR count). The number of nitrogens with one attached hydrogen (secondary N) is 1. The molecule has 0 fully saturated rings. The molecule has 1 unspecified atom stereocenters. The highest BCUT2D eigenvalue weighted by Crippen LogP contribution is 2.20. The van der Waals surface area contributed by atoms with Gasteiger partial charge < -0.3 is 14.8 Å². The van der Waals surface area contributed by atoms with Crippen molar-refractivity contribution in [2.75, 3.05) is 6.54 Å². The van der Waals surface area contributed by atoms with E-state index in [2.05, 4.69) is 5.32 Å². The van der Waals surface area contributed by atoms with Gasteiger partial charge in [0.1, 0.15) is 11.5 Å². The van der Waals surface area contributed by atoms with Crippen LogP contribution in [0.15, 0.2) is 40.8 Å². The molecule has 2 aromatic rings. The second-order valence-corrected chi connectivity index (χ2v) is 5.17. The molecule has 112 valence electrons. The largest absolute Gasteiger partial charge is 0.466 e. The Hall–Kier alpha value is -2.07. The van der Waals surface area contributed by atoms with E-state index in [1.54, 1.807) is 6.07 Å². The van der Waals surface area contributed by atoms with E-state index in [1.165, 1.54) is 0 Å². The number of aryl methyl sites for hydroxylation is 3. The molecule has 1 amide bonds. The molecule has 0 radical (unpaired) electrons. The van der Waals surface area contributed by atoms with Crippen LogP contribution < -0.4 is 5.32 Å². The number of benzene rings is 1. The maximum atomic E-state index is 11.8. The summed E-state index contributed by atoms with van der Waals surface area (Å²) in [5.41, 5.74) is 1.87. The molecule has 21 heavy (non-hydrogen) atoms. The van der Waals surface area contributed by atoms with Crippen LogP contribution in [0.3, 0.4) is 0 Å². The lowest BCUT2D eigenvalue weighted by Crippen LogP contribution is -2.28. The molecule has 1 aromatic heterocycles. The van der Waals surface area contributed by atoms with Gasteiger partial charge in [-0.15, -0.1) is 0 Å². The second-order valence-electron chi connectivity index (χ2n) is 5.17. The smallest absolute Gasteiger partial charge is 0.220 e. The molecule has 4 heteroatoms. The van der Waals surface area contributed by atoms with Crippen LogP contribution in [0.25, 0.3) is 0 Å². The molecule has 0 saturated carbocycles. The Kier molecular flexibility index (Phi) is 5.17. The molecule has 0 bridgehead atoms. The highest BCUT2D eigenvalue weighted by atomic mass is 16.3. The zero-order valence-electron chi connectivity index (χ0n) is 12.4. The van der Waals surface area contributed by atoms with Gasteiger partial charge in [-0.25, -0.2) is 0 Å². The topological polar surface area (TPSA) is 62.5 Å². The third-order valence-corrected chi connectivity index (χ3v) is 3.41. The zero-order chi connectivity index (χ0) is 15.2. The van der Waals surface area contributed by atoms with Crippen molar-refractivity contribution in [3.8, 4) is 0 Å². The molecule has 4 nitrogen and oxygen atoms in total. The minimum Gasteiger partial charge on any atom is -0.466 e. The molecule has 0 aliphatic rings. The molecular formula is C17H21NO3. The summed E-state index contributed by atoms with van der Waals surface area (Å²) < 4.78 is 5.38. The van der Waals surface area contributed by atoms with Crippen LogP contribution >= 0.6 is 0 Å². The van der Waals surface area contributed by atoms with Crippen LogP contribution in [-0.4, -0.2) is 17.6 Å². The number of carbonyl (C=O) groups excluding carboxylic acids is 1. The highest BCUT2D eigenvalue weighted by molar-refractivity contribution is 5.76. The molecule has 1 aromatic carbocycles. The fourth-order valence-corrected chi connectivity index (χ4v) is 2.29. The average Bonchev–Trinajstić information content (AvgIpc) is 2.82. The number of carbonyl (C=O) groups is 1. The van der Waals surface area contributed by atoms with Gasteiger partial charge in [-0.3, -0.25) is 4.79 Å². The summed E-state index contributed by atoms with van der Waals surface area (Å²) in [6, 6.07) is 11.7. The first-order chi connectivity index (χ1) is 10.1. The van der Waals surface area contributed by atoms with E-state index >= 15 is 0 Å². The fourth-order valence-electron chi connectivity index (χ4n) is 2.29. The summed E-state index contributed by atoms with van der Waals surface area (Å²) in [7, 11) is 0. The standard InChI is InChI=1S/C17H21NO3/c1-12-10-15(13(2)21-12)16(19)11-18-17(20)9-8-14-6-4-3-5-7-14/h3-7,10,16,19H,8-9,11H2,1-2H3,(H,18,20). The maximum absolute atomic E-state index is 11.8. The van der Waals surface area contributed by atoms with E-state index in [0.29, 0.717) is 18.6 Å². The monoisotopic (exact) mass is 287 g/mol. The first-order valence-electron chi connectivity index (χ1n) is 7.12. The summed E-state index contributed by atoms with van der Waals surface area (Å²) in [5, 5.41) is 12.8. The summed E-state index contributed by atoms with van der Waals surface area (Å²) in [5.74, 6) is 1.39. The van der Waals surface area contributed by atoms with Gasteiger partial charge in [0.15, 0.2) is 0 Å². The summed E-state index contributed by atoms with van der Waals surface area (Å²) >= 11 is 0. The number of aliphatic hydroxyl groups is 1. The van der Waals surface area contributed by atoms with Crippen molar-refractivity contribution in [2.24, 2.45) is 0 Å². The van der Waals surface area contributed by atoms with E-state index in [4.69, 9.17) is 4.42 Å². The number of rotatable bonds is 6. The molecule has 0 aliphatic carbocycles. The van der Waals surface area contributed by atoms with Crippen molar-refractivity contribution >= 4 is 5.91 Å². The van der Waals surface area contributed by atoms with Crippen LogP contribution in [0.5, 0.6) is 0 Å². The van der Waals surface area contributed by atoms with Gasteiger partial charge in [-0.2, -0.15) is 0 Å². The Balaban J connectivity index is 1.77. The van der Waals surface area contributed by atoms with Crippen LogP contribution in [0, 0.1) is 13.8 Å². The Morgan fingerprint density at radius 1 is 1.29 bits per heavy atom. The van der Waals surface area contributed by atoms with Gasteiger partial charge in [-0.05, 0) is 31.9 Å². The Morgan fingerprint density at radius 3 is 2.62 bits per heavy atom. The Morgan fingerprint density at radius 2 is 2.00 bits per heavy atom. The SMILES string of the molecule is Cc1cc(C(O)CNC(=O)CCc2ccccc2)c(C)o1. The summed E-state index contributed by atoms with van der Waals surface area (Å²) in [6.07, 6.45) is 0.385. The Labute approximate surface area is 124 Å². The number of hydrogen-bond acceptors (Lipinski definition) is 3. The molecule has 2 N–H and O–H groups in total. The number of aliphatic hydroxyl groups excluding tert-OH is 1. The number of amides is 1. The molecule has 0 spiro atoms. The van der Waals surface area contributed by atoms with Crippen molar-refractivity contribution in [1.29, 1.82) is 0 Å². The first kappa shape index (κ1) is 15.3. The predicted octanol–water partition coefficient (Wildman–Crippen LogP) is 2.68. The zero-order valence-corrected chi connectivity index (χ0v) is 12.4. The lowest BCUT2D eigenvalue weighted by Gasteiger charge is -2.11. The third-order valence-electron chi connectivity index (χ3n) is 3.41. The third kappa shape index (κ3) is 4.46. The molecule has 1 atom stereocenters. The van der Waals surface area contributed by atoms with E-state index in [-0.39, 0.29) is 12.5 Å². The van der Waals surface area contributed by atoms with E-state index in [1.807, 2.05) is 44.2 Å². The van der Waals surface area contributed by atoms with Crippen LogP contribution in [0.2, 0.25) is 0 Å². The van der Waals surface area contributed by atoms with Crippen molar-refractivity contribution in [3.63, 3.8) is 0 Å². The van der Waals surface area contributed by atoms with Crippen LogP contribution in [0.1, 0.15) is 35.2 Å². The quantitative estimate of drug-likeness (QED) is 0.858. The minimum atomic E-state index is -0.733. The van der Waals surface area contributed by atoms with Gasteiger partial charge in [0.2, 0.25) is 5.91 Å². The lowest BCUT2D eigenvalue weighted by molar-refractivity contribution is -0.121. The van der Waals surface area contributed by atoms with E-state index in [0.717, 1.165) is 16.9 Å². The van der Waals surface area contributed by atoms with Crippen molar-refractivity contribution in [3.05, 3.63) is 59.0 Å². The van der Waals surface area contributed by atoms with Gasteiger partial charge >= 0.3 is 0 Å². The van der Waals surface area contributed by atoms with Gasteiger partial charge in [0.05, 0.1) is 6.10 Å². The van der Waals surface area contributed by atoms with Gasteiger partial charge in [0, 0.05) is 18.5 Å². The van der Waals surface area contributed by atoms with E-state index in [9.17, 15) is 9.90 Å². The molecular weight excluding hydrogens is 266 g/mol. The van der Waals surface area contributed by atoms with Crippen molar-refractivity contribution in [1.82, 2.24) is 5.32 Å². The molecule has 1 heterocycles. The van der Waals surface area contributed by atoms with Crippen molar-refractivity contribution in [2.45, 2.75) is 32.8 Å². The van der Waals surface area contributed by atoms with E-state index < -0.39 is 6.10 Å². The lowest BCUT2D eigenvalue weighted by atomic mass is 10.1. The maximum Gasteiger partial charge on any atom is 0.220 e. The summed E-state index contributed by atoms with van der Waals surface area (Å²) in [6.45, 7) is 3.85. The Bertz CT molecular complexity index is 589. The van der Waals surface area contributed by atoms with Crippen LogP contribution in [0.4, 0.5) is 0 Å². The summed E-state index contributed by atoms with van der Waals surface area (Å²) in [4.78, 5) is 11.8. The predicted molar refractivity (Wildman–Crippen MR) is 80.9 cm³/mol. The van der Waals surface area contributed by atoms with Crippen molar-refractivity contribution < 1.29 is 14.3 Å². The average molecular weight is 287 g/mol. The van der Waals surface area contributed by atoms with Crippen LogP contribution in [-0.2, 0) is 11.2 Å². The minimum absolute atomic E-state index is 0.0595. The molecule has 0 saturated heterocycles. The first-order valence-corrected chi connectivity index (χ1v) is 7.12. The fraction of sp³-hybridized carbons (Fsp3) is 0.353. The van der Waals surface area contributed by atoms with Gasteiger partial charge in [-0.1, -0.05) is 30.3 Å². The highest BCUT2D eigenvalue weighted by Gasteiger charge is 2.15. The molecule has 0 aliphatic heterocycles. The van der Waals surface area contributed by atoms with Gasteiger partial charge in [0.25, 0.3) is 0 Å².